The zero-order valence-electron chi connectivity index (χ0n) is 14.3. The predicted molar refractivity (Wildman–Crippen MR) is 92.4 cm³/mol. The Morgan fingerprint density at radius 2 is 2.22 bits per heavy atom. The molecule has 2 aliphatic rings. The summed E-state index contributed by atoms with van der Waals surface area (Å²) in [6.45, 7) is 3.05. The second-order valence-electron chi connectivity index (χ2n) is 6.42. The van der Waals surface area contributed by atoms with E-state index in [9.17, 15) is 4.57 Å². The molecule has 2 fully saturated rings. The lowest BCUT2D eigenvalue weighted by molar-refractivity contribution is -0.0733. The van der Waals surface area contributed by atoms with Crippen LogP contribution in [0, 0.1) is 0 Å². The molecule has 4 heterocycles. The highest BCUT2D eigenvalue weighted by Crippen LogP contribution is 2.61. The van der Waals surface area contributed by atoms with Crippen molar-refractivity contribution in [2.24, 2.45) is 0 Å². The van der Waals surface area contributed by atoms with Gasteiger partial charge in [-0.3, -0.25) is 18.1 Å². The van der Waals surface area contributed by atoms with Gasteiger partial charge in [0.1, 0.15) is 11.6 Å². The van der Waals surface area contributed by atoms with Gasteiger partial charge in [-0.1, -0.05) is 11.6 Å². The third-order valence-electron chi connectivity index (χ3n) is 4.05. The Balaban J connectivity index is 1.70. The second-order valence-corrected chi connectivity index (χ2v) is 8.57. The Morgan fingerprint density at radius 1 is 1.48 bits per heavy atom. The van der Waals surface area contributed by atoms with Crippen LogP contribution in [0.15, 0.2) is 6.33 Å². The van der Waals surface area contributed by atoms with Gasteiger partial charge in [0.2, 0.25) is 5.95 Å². The minimum Gasteiger partial charge on any atom is -0.382 e. The molecule has 0 aliphatic carbocycles. The van der Waals surface area contributed by atoms with E-state index in [2.05, 4.69) is 15.0 Å². The van der Waals surface area contributed by atoms with Crippen LogP contribution in [0.3, 0.4) is 0 Å². The van der Waals surface area contributed by atoms with Crippen LogP contribution < -0.4 is 11.5 Å². The molecule has 0 radical (unpaired) electrons. The first-order chi connectivity index (χ1) is 12.6. The summed E-state index contributed by atoms with van der Waals surface area (Å²) in [5, 5.41) is -2.62. The molecule has 0 aromatic carbocycles. The summed E-state index contributed by atoms with van der Waals surface area (Å²) in [7, 11) is -3.98. The third-order valence-corrected chi connectivity index (χ3v) is 6.08. The number of aromatic nitrogens is 4. The fourth-order valence-electron chi connectivity index (χ4n) is 3.01. The smallest absolute Gasteiger partial charge is 0.382 e. The molecule has 2 aliphatic heterocycles. The number of rotatable bonds is 3. The fraction of sp³-hybridized carbons (Fsp3) is 0.615. The van der Waals surface area contributed by atoms with E-state index in [1.807, 2.05) is 0 Å². The molecule has 0 saturated carbocycles. The Hall–Kier alpha value is -1.56. The number of hydrogen-bond donors (Lipinski definition) is 2. The number of anilines is 2. The van der Waals surface area contributed by atoms with E-state index < -0.39 is 37.5 Å². The molecule has 0 bridgehead atoms. The van der Waals surface area contributed by atoms with Gasteiger partial charge in [0.15, 0.2) is 23.8 Å². The lowest BCUT2D eigenvalue weighted by Crippen LogP contribution is -2.43. The summed E-state index contributed by atoms with van der Waals surface area (Å²) in [5.74, 6) is -0.0919. The van der Waals surface area contributed by atoms with Crippen LogP contribution in [0.4, 0.5) is 16.2 Å². The van der Waals surface area contributed by atoms with Gasteiger partial charge in [-0.15, -0.1) is 0 Å². The molecule has 0 amide bonds. The molecule has 2 aromatic rings. The first-order valence-corrected chi connectivity index (χ1v) is 9.85. The molecule has 4 rings (SSSR count). The third kappa shape index (κ3) is 3.06. The molecular formula is C13H17ClFN6O5P. The highest BCUT2D eigenvalue weighted by Gasteiger charge is 2.63. The number of nitrogens with zero attached hydrogens (tertiary/aromatic N) is 4. The quantitative estimate of drug-likeness (QED) is 0.553. The molecule has 5 atom stereocenters. The Kier molecular flexibility index (Phi) is 4.33. The number of alkyl halides is 2. The Labute approximate surface area is 157 Å². The maximum Gasteiger partial charge on any atom is 0.475 e. The number of hydrogen-bond acceptors (Lipinski definition) is 10. The van der Waals surface area contributed by atoms with Gasteiger partial charge in [0, 0.05) is 0 Å². The summed E-state index contributed by atoms with van der Waals surface area (Å²) >= 11 is 6.14. The minimum atomic E-state index is -3.98. The zero-order valence-corrected chi connectivity index (χ0v) is 15.9. The normalized spacial score (nSPS) is 36.4. The summed E-state index contributed by atoms with van der Waals surface area (Å²) in [6.07, 6.45) is -2.96. The van der Waals surface area contributed by atoms with Gasteiger partial charge in [0.05, 0.1) is 19.0 Å². The van der Waals surface area contributed by atoms with E-state index in [0.717, 1.165) is 0 Å². The van der Waals surface area contributed by atoms with E-state index in [4.69, 9.17) is 41.4 Å². The van der Waals surface area contributed by atoms with Crippen LogP contribution in [-0.2, 0) is 22.9 Å². The molecule has 14 heteroatoms. The molecule has 4 N–H and O–H groups in total. The van der Waals surface area contributed by atoms with E-state index >= 15 is 4.39 Å². The van der Waals surface area contributed by atoms with Crippen LogP contribution in [-0.4, -0.2) is 49.6 Å². The standard InChI is InChI=1S/C13H17ClFN6O5P/c1-5(2)25-27(22)23-3-6-8(26-27)13(14,15)11(24-6)21-4-18-7-9(16)19-12(17)20-10(7)21/h4-6,8,11H,3H2,1-2H3,(H4,16,17,19,20)/t6-,8-,11-,13+,27-/m1/s1. The van der Waals surface area contributed by atoms with E-state index in [1.54, 1.807) is 13.8 Å². The lowest BCUT2D eigenvalue weighted by Gasteiger charge is -2.33. The molecule has 0 spiro atoms. The van der Waals surface area contributed by atoms with E-state index in [-0.39, 0.29) is 29.5 Å². The first-order valence-electron chi connectivity index (χ1n) is 8.01. The Morgan fingerprint density at radius 3 is 2.93 bits per heavy atom. The predicted octanol–water partition coefficient (Wildman–Crippen LogP) is 1.74. The zero-order chi connectivity index (χ0) is 19.6. The maximum absolute atomic E-state index is 15.5. The second kappa shape index (κ2) is 6.23. The topological polar surface area (TPSA) is 150 Å². The monoisotopic (exact) mass is 422 g/mol. The van der Waals surface area contributed by atoms with Crippen LogP contribution in [0.25, 0.3) is 11.2 Å². The number of phosphoric acid groups is 1. The minimum absolute atomic E-state index is 0.0279. The average Bonchev–Trinajstić information content (AvgIpc) is 3.05. The molecule has 2 aromatic heterocycles. The van der Waals surface area contributed by atoms with Gasteiger partial charge >= 0.3 is 7.82 Å². The number of nitrogens with two attached hydrogens (primary N) is 2. The maximum atomic E-state index is 15.5. The highest BCUT2D eigenvalue weighted by molar-refractivity contribution is 7.48. The molecular weight excluding hydrogens is 406 g/mol. The van der Waals surface area contributed by atoms with Gasteiger partial charge in [-0.2, -0.15) is 9.97 Å². The molecule has 2 saturated heterocycles. The number of phosphoric ester groups is 1. The summed E-state index contributed by atoms with van der Waals surface area (Å²) in [4.78, 5) is 11.9. The summed E-state index contributed by atoms with van der Waals surface area (Å²) < 4.78 is 50.5. The van der Waals surface area contributed by atoms with Crippen molar-refractivity contribution in [2.45, 2.75) is 43.5 Å². The highest BCUT2D eigenvalue weighted by atomic mass is 35.5. The van der Waals surface area contributed by atoms with Crippen LogP contribution in [0.2, 0.25) is 0 Å². The van der Waals surface area contributed by atoms with E-state index in [1.165, 1.54) is 10.9 Å². The van der Waals surface area contributed by atoms with Gasteiger partial charge in [-0.25, -0.2) is 13.9 Å². The van der Waals surface area contributed by atoms with Gasteiger partial charge in [0.25, 0.3) is 5.13 Å². The summed E-state index contributed by atoms with van der Waals surface area (Å²) in [5.41, 5.74) is 11.7. The van der Waals surface area contributed by atoms with Gasteiger partial charge in [-0.05, 0) is 13.8 Å². The Bertz CT molecular complexity index is 941. The molecule has 11 nitrogen and oxygen atoms in total. The largest absolute Gasteiger partial charge is 0.475 e. The SMILES string of the molecule is CC(C)O[P@@]1(=O)OC[C@H]2O[C@@H](n3cnc4c(N)nc(N)nc43)[C@](F)(Cl)[C@@H]2O1. The number of imidazole rings is 1. The van der Waals surface area contributed by atoms with Crippen molar-refractivity contribution in [3.8, 4) is 0 Å². The van der Waals surface area contributed by atoms with Crippen molar-refractivity contribution < 1.29 is 27.3 Å². The van der Waals surface area contributed by atoms with Gasteiger partial charge < -0.3 is 16.2 Å². The number of halogens is 2. The molecule has 27 heavy (non-hydrogen) atoms. The summed E-state index contributed by atoms with van der Waals surface area (Å²) in [6, 6.07) is 0. The van der Waals surface area contributed by atoms with E-state index in [0.29, 0.717) is 0 Å². The van der Waals surface area contributed by atoms with Crippen molar-refractivity contribution in [3.63, 3.8) is 0 Å². The van der Waals surface area contributed by atoms with Crippen LogP contribution in [0.5, 0.6) is 0 Å². The molecule has 148 valence electrons. The molecule has 0 unspecified atom stereocenters. The first kappa shape index (κ1) is 18.8. The lowest BCUT2D eigenvalue weighted by atomic mass is 10.1. The number of ether oxygens (including phenoxy) is 1. The number of fused-ring (bicyclic) bond motifs is 2. The number of nitrogen functional groups attached to an aromatic ring is 2. The average molecular weight is 423 g/mol. The van der Waals surface area contributed by atoms with Crippen molar-refractivity contribution >= 4 is 42.4 Å². The van der Waals surface area contributed by atoms with Crippen molar-refractivity contribution in [2.75, 3.05) is 18.1 Å². The van der Waals surface area contributed by atoms with Crippen molar-refractivity contribution in [1.29, 1.82) is 0 Å². The van der Waals surface area contributed by atoms with Crippen LogP contribution >= 0.6 is 19.4 Å². The van der Waals surface area contributed by atoms with Crippen molar-refractivity contribution in [3.05, 3.63) is 6.33 Å². The fourth-order valence-corrected chi connectivity index (χ4v) is 5.00. The van der Waals surface area contributed by atoms with Crippen molar-refractivity contribution in [1.82, 2.24) is 19.5 Å². The van der Waals surface area contributed by atoms with Crippen LogP contribution in [0.1, 0.15) is 20.1 Å².